The normalized spacial score (nSPS) is 16.8. The third-order valence-corrected chi connectivity index (χ3v) is 8.02. The topological polar surface area (TPSA) is 138 Å². The van der Waals surface area contributed by atoms with E-state index in [1.807, 2.05) is 31.3 Å². The van der Waals surface area contributed by atoms with Gasteiger partial charge in [0, 0.05) is 37.4 Å². The average Bonchev–Trinajstić information content (AvgIpc) is 3.31. The second-order valence-electron chi connectivity index (χ2n) is 10.9. The third-order valence-electron chi connectivity index (χ3n) is 8.02. The summed E-state index contributed by atoms with van der Waals surface area (Å²) < 4.78 is 17.9. The van der Waals surface area contributed by atoms with Crippen LogP contribution in [0.1, 0.15) is 48.4 Å². The number of aromatic nitrogens is 4. The lowest BCUT2D eigenvalue weighted by atomic mass is 10.1. The van der Waals surface area contributed by atoms with E-state index in [9.17, 15) is 9.90 Å². The van der Waals surface area contributed by atoms with Crippen molar-refractivity contribution in [1.82, 2.24) is 24.8 Å². The van der Waals surface area contributed by atoms with Crippen molar-refractivity contribution in [2.45, 2.75) is 51.2 Å². The Morgan fingerprint density at radius 3 is 2.83 bits per heavy atom. The summed E-state index contributed by atoms with van der Waals surface area (Å²) in [7, 11) is 1.56. The summed E-state index contributed by atoms with van der Waals surface area (Å²) in [6.45, 7) is 2.56. The second kappa shape index (κ2) is 10.6. The number of carbonyl (C=O) groups excluding carboxylic acids is 1. The Morgan fingerprint density at radius 2 is 2.02 bits per heavy atom. The van der Waals surface area contributed by atoms with Crippen LogP contribution in [0.4, 0.5) is 11.6 Å². The largest absolute Gasteiger partial charge is 0.495 e. The minimum Gasteiger partial charge on any atom is -0.495 e. The maximum atomic E-state index is 12.9. The molecule has 1 amide bonds. The number of hydrogen-bond acceptors (Lipinski definition) is 9. The van der Waals surface area contributed by atoms with Gasteiger partial charge in [-0.15, -0.1) is 0 Å². The van der Waals surface area contributed by atoms with Crippen molar-refractivity contribution in [3.8, 4) is 22.8 Å². The first-order chi connectivity index (χ1) is 20.5. The maximum absolute atomic E-state index is 12.9. The molecule has 11 heteroatoms. The third kappa shape index (κ3) is 4.89. The number of methoxy groups -OCH3 is 1. The number of hydrogen-bond donors (Lipinski definition) is 3. The molecule has 5 aromatic rings. The van der Waals surface area contributed by atoms with Gasteiger partial charge < -0.3 is 34.2 Å². The number of nitrogens with zero attached hydrogens (tertiary/aromatic N) is 4. The van der Waals surface area contributed by atoms with Crippen molar-refractivity contribution >= 4 is 39.7 Å². The van der Waals surface area contributed by atoms with Crippen LogP contribution in [0.2, 0.25) is 0 Å². The maximum Gasteiger partial charge on any atom is 0.254 e. The van der Waals surface area contributed by atoms with Gasteiger partial charge in [-0.1, -0.05) is 6.07 Å². The first-order valence-corrected chi connectivity index (χ1v) is 14.3. The number of aryl methyl sites for hydroxylation is 1. The number of rotatable bonds is 9. The number of nitrogens with one attached hydrogen (secondary N) is 2. The molecule has 2 aliphatic rings. The van der Waals surface area contributed by atoms with Crippen molar-refractivity contribution in [1.29, 1.82) is 0 Å². The highest BCUT2D eigenvalue weighted by Gasteiger charge is 2.38. The molecule has 7 rings (SSSR count). The van der Waals surface area contributed by atoms with Gasteiger partial charge in [-0.05, 0) is 68.0 Å². The van der Waals surface area contributed by atoms with E-state index in [4.69, 9.17) is 23.9 Å². The standard InChI is InChI=1S/C31H32N6O5/c1-17-33-24-9-7-18(13-26(24)41-17)22-15-32-28-27(22)29(42-21-5-3-4-6-21)36-31(35-28)34-23-10-8-19(14-25(23)40-2)30(39)37-16-20(37)11-12-38/h7-10,13-15,20-21,38H,3-6,11-12,16H2,1-2H3,(H2,32,34,35,36). The van der Waals surface area contributed by atoms with Crippen LogP contribution >= 0.6 is 0 Å². The van der Waals surface area contributed by atoms with Gasteiger partial charge >= 0.3 is 0 Å². The number of aromatic amines is 1. The highest BCUT2D eigenvalue weighted by atomic mass is 16.5. The number of benzene rings is 2. The van der Waals surface area contributed by atoms with Crippen molar-refractivity contribution in [2.24, 2.45) is 0 Å². The zero-order valence-electron chi connectivity index (χ0n) is 23.5. The van der Waals surface area contributed by atoms with Gasteiger partial charge in [0.2, 0.25) is 11.8 Å². The minimum absolute atomic E-state index is 0.0656. The highest BCUT2D eigenvalue weighted by Crippen LogP contribution is 2.38. The number of aliphatic hydroxyl groups is 1. The van der Waals surface area contributed by atoms with Gasteiger partial charge in [0.1, 0.15) is 23.0 Å². The molecule has 2 fully saturated rings. The van der Waals surface area contributed by atoms with Crippen molar-refractivity contribution in [3.63, 3.8) is 0 Å². The van der Waals surface area contributed by atoms with Gasteiger partial charge in [-0.25, -0.2) is 4.98 Å². The molecule has 1 unspecified atom stereocenters. The van der Waals surface area contributed by atoms with E-state index >= 15 is 0 Å². The summed E-state index contributed by atoms with van der Waals surface area (Å²) in [5.74, 6) is 1.87. The predicted octanol–water partition coefficient (Wildman–Crippen LogP) is 5.35. The Bertz CT molecular complexity index is 1790. The van der Waals surface area contributed by atoms with Gasteiger partial charge in [-0.3, -0.25) is 4.79 Å². The fourth-order valence-electron chi connectivity index (χ4n) is 5.78. The molecule has 0 radical (unpaired) electrons. The molecule has 1 saturated heterocycles. The SMILES string of the molecule is COc1cc(C(=O)N2CC2CCO)ccc1Nc1nc(OC2CCCC2)c2c(-c3ccc4nc(C)oc4c3)c[nH]c2n1. The lowest BCUT2D eigenvalue weighted by Crippen LogP contribution is -2.15. The molecule has 2 aromatic carbocycles. The van der Waals surface area contributed by atoms with Crippen LogP contribution in [0.5, 0.6) is 11.6 Å². The molecule has 0 spiro atoms. The molecular formula is C31H32N6O5. The van der Waals surface area contributed by atoms with Crippen LogP contribution in [-0.4, -0.2) is 68.3 Å². The first kappa shape index (κ1) is 26.3. The molecule has 0 bridgehead atoms. The minimum atomic E-state index is -0.0826. The van der Waals surface area contributed by atoms with Gasteiger partial charge in [-0.2, -0.15) is 9.97 Å². The van der Waals surface area contributed by atoms with Crippen LogP contribution in [0.3, 0.4) is 0 Å². The van der Waals surface area contributed by atoms with Gasteiger partial charge in [0.15, 0.2) is 11.5 Å². The number of amides is 1. The number of ether oxygens (including phenoxy) is 2. The number of H-pyrrole nitrogens is 1. The van der Waals surface area contributed by atoms with Crippen molar-refractivity contribution in [3.05, 3.63) is 54.0 Å². The van der Waals surface area contributed by atoms with Crippen molar-refractivity contribution < 1.29 is 23.8 Å². The summed E-state index contributed by atoms with van der Waals surface area (Å²) in [5.41, 5.74) is 5.15. The number of carbonyl (C=O) groups is 1. The molecule has 1 aliphatic carbocycles. The molecule has 3 aromatic heterocycles. The van der Waals surface area contributed by atoms with Crippen molar-refractivity contribution in [2.75, 3.05) is 25.6 Å². The van der Waals surface area contributed by atoms with E-state index < -0.39 is 0 Å². The zero-order chi connectivity index (χ0) is 28.8. The molecule has 1 aliphatic heterocycles. The Hall–Kier alpha value is -4.64. The summed E-state index contributed by atoms with van der Waals surface area (Å²) in [5, 5.41) is 13.2. The molecule has 11 nitrogen and oxygen atoms in total. The Balaban J connectivity index is 1.23. The highest BCUT2D eigenvalue weighted by molar-refractivity contribution is 5.99. The van der Waals surface area contributed by atoms with Crippen LogP contribution in [0.15, 0.2) is 47.0 Å². The van der Waals surface area contributed by atoms with E-state index in [0.29, 0.717) is 58.9 Å². The zero-order valence-corrected chi connectivity index (χ0v) is 23.5. The second-order valence-corrected chi connectivity index (χ2v) is 10.9. The fourth-order valence-corrected chi connectivity index (χ4v) is 5.78. The quantitative estimate of drug-likeness (QED) is 0.201. The summed E-state index contributed by atoms with van der Waals surface area (Å²) in [6.07, 6.45) is 6.81. The molecule has 1 atom stereocenters. The van der Waals surface area contributed by atoms with E-state index in [1.54, 1.807) is 30.2 Å². The molecular weight excluding hydrogens is 536 g/mol. The lowest BCUT2D eigenvalue weighted by molar-refractivity contribution is 0.0870. The smallest absolute Gasteiger partial charge is 0.254 e. The average molecular weight is 569 g/mol. The fraction of sp³-hybridized carbons (Fsp3) is 0.355. The van der Waals surface area contributed by atoms with Crippen LogP contribution in [-0.2, 0) is 0 Å². The van der Waals surface area contributed by atoms with Gasteiger partial charge in [0.05, 0.1) is 24.2 Å². The summed E-state index contributed by atoms with van der Waals surface area (Å²) in [4.78, 5) is 32.0. The molecule has 3 N–H and O–H groups in total. The number of fused-ring (bicyclic) bond motifs is 2. The number of anilines is 2. The van der Waals surface area contributed by atoms with E-state index in [1.165, 1.54) is 0 Å². The molecule has 42 heavy (non-hydrogen) atoms. The molecule has 1 saturated carbocycles. The van der Waals surface area contributed by atoms with Crippen LogP contribution < -0.4 is 14.8 Å². The Labute approximate surface area is 241 Å². The number of oxazole rings is 1. The van der Waals surface area contributed by atoms with Crippen LogP contribution in [0, 0.1) is 6.92 Å². The summed E-state index contributed by atoms with van der Waals surface area (Å²) >= 11 is 0. The molecule has 4 heterocycles. The number of aliphatic hydroxyl groups excluding tert-OH is 1. The van der Waals surface area contributed by atoms with Crippen LogP contribution in [0.25, 0.3) is 33.3 Å². The molecule has 216 valence electrons. The van der Waals surface area contributed by atoms with E-state index in [-0.39, 0.29) is 24.7 Å². The lowest BCUT2D eigenvalue weighted by Gasteiger charge is -2.16. The first-order valence-electron chi connectivity index (χ1n) is 14.3. The predicted molar refractivity (Wildman–Crippen MR) is 157 cm³/mol. The van der Waals surface area contributed by atoms with E-state index in [0.717, 1.165) is 47.7 Å². The van der Waals surface area contributed by atoms with E-state index in [2.05, 4.69) is 15.3 Å². The Kier molecular flexibility index (Phi) is 6.66. The monoisotopic (exact) mass is 568 g/mol. The van der Waals surface area contributed by atoms with Gasteiger partial charge in [0.25, 0.3) is 5.91 Å². The Morgan fingerprint density at radius 1 is 1.17 bits per heavy atom. The summed E-state index contributed by atoms with van der Waals surface area (Å²) in [6, 6.07) is 11.3.